The SMILES string of the molecule is CC1CCCN(C(N)=NCc2ccccc2)C1.I. The molecule has 100 valence electrons. The smallest absolute Gasteiger partial charge is 0.191 e. The van der Waals surface area contributed by atoms with E-state index < -0.39 is 0 Å². The van der Waals surface area contributed by atoms with Crippen LogP contribution in [0.3, 0.4) is 0 Å². The molecule has 1 fully saturated rings. The maximum Gasteiger partial charge on any atom is 0.191 e. The number of hydrogen-bond donors (Lipinski definition) is 1. The Kier molecular flexibility index (Phi) is 6.46. The van der Waals surface area contributed by atoms with Crippen LogP contribution in [0.4, 0.5) is 0 Å². The number of piperidine rings is 1. The Morgan fingerprint density at radius 2 is 2.11 bits per heavy atom. The van der Waals surface area contributed by atoms with Gasteiger partial charge in [0.15, 0.2) is 5.96 Å². The van der Waals surface area contributed by atoms with E-state index in [1.54, 1.807) is 0 Å². The van der Waals surface area contributed by atoms with Crippen molar-refractivity contribution in [3.63, 3.8) is 0 Å². The number of hydrogen-bond acceptors (Lipinski definition) is 1. The monoisotopic (exact) mass is 359 g/mol. The fourth-order valence-corrected chi connectivity index (χ4v) is 2.25. The zero-order valence-corrected chi connectivity index (χ0v) is 13.2. The third kappa shape index (κ3) is 4.48. The van der Waals surface area contributed by atoms with Crippen LogP contribution in [0, 0.1) is 5.92 Å². The Labute approximate surface area is 126 Å². The van der Waals surface area contributed by atoms with Crippen molar-refractivity contribution in [2.45, 2.75) is 26.3 Å². The number of aliphatic imine (C=N–C) groups is 1. The molecule has 2 rings (SSSR count). The molecule has 1 atom stereocenters. The number of halogens is 1. The molecular weight excluding hydrogens is 337 g/mol. The first-order valence-electron chi connectivity index (χ1n) is 6.34. The van der Waals surface area contributed by atoms with Gasteiger partial charge in [-0.1, -0.05) is 37.3 Å². The quantitative estimate of drug-likeness (QED) is 0.501. The summed E-state index contributed by atoms with van der Waals surface area (Å²) in [5.41, 5.74) is 7.24. The molecule has 1 aliphatic heterocycles. The van der Waals surface area contributed by atoms with Gasteiger partial charge >= 0.3 is 0 Å². The summed E-state index contributed by atoms with van der Waals surface area (Å²) in [6.07, 6.45) is 2.53. The van der Waals surface area contributed by atoms with E-state index in [4.69, 9.17) is 5.73 Å². The van der Waals surface area contributed by atoms with E-state index in [1.807, 2.05) is 18.2 Å². The van der Waals surface area contributed by atoms with Crippen LogP contribution < -0.4 is 5.73 Å². The van der Waals surface area contributed by atoms with E-state index in [0.717, 1.165) is 19.0 Å². The van der Waals surface area contributed by atoms with E-state index in [0.29, 0.717) is 12.5 Å². The fourth-order valence-electron chi connectivity index (χ4n) is 2.25. The lowest BCUT2D eigenvalue weighted by atomic mass is 10.0. The predicted molar refractivity (Wildman–Crippen MR) is 87.2 cm³/mol. The predicted octanol–water partition coefficient (Wildman–Crippen LogP) is 2.85. The molecule has 0 amide bonds. The lowest BCUT2D eigenvalue weighted by Crippen LogP contribution is -2.43. The van der Waals surface area contributed by atoms with Crippen molar-refractivity contribution in [2.75, 3.05) is 13.1 Å². The third-order valence-electron chi connectivity index (χ3n) is 3.25. The highest BCUT2D eigenvalue weighted by atomic mass is 127. The van der Waals surface area contributed by atoms with Gasteiger partial charge < -0.3 is 10.6 Å². The Morgan fingerprint density at radius 3 is 2.78 bits per heavy atom. The zero-order valence-electron chi connectivity index (χ0n) is 10.9. The number of benzene rings is 1. The van der Waals surface area contributed by atoms with Crippen molar-refractivity contribution in [1.29, 1.82) is 0 Å². The molecule has 1 aromatic carbocycles. The fraction of sp³-hybridized carbons (Fsp3) is 0.500. The van der Waals surface area contributed by atoms with Crippen molar-refractivity contribution in [2.24, 2.45) is 16.6 Å². The van der Waals surface area contributed by atoms with Crippen LogP contribution in [0.15, 0.2) is 35.3 Å². The van der Waals surface area contributed by atoms with Gasteiger partial charge in [-0.25, -0.2) is 4.99 Å². The molecule has 4 heteroatoms. The second-order valence-electron chi connectivity index (χ2n) is 4.85. The summed E-state index contributed by atoms with van der Waals surface area (Å²) in [7, 11) is 0. The molecule has 1 unspecified atom stereocenters. The number of nitrogens with two attached hydrogens (primary N) is 1. The van der Waals surface area contributed by atoms with Crippen LogP contribution in [0.1, 0.15) is 25.3 Å². The minimum Gasteiger partial charge on any atom is -0.370 e. The molecule has 1 aromatic rings. The molecule has 2 N–H and O–H groups in total. The minimum atomic E-state index is 0. The van der Waals surface area contributed by atoms with Gasteiger partial charge in [0, 0.05) is 13.1 Å². The van der Waals surface area contributed by atoms with Crippen molar-refractivity contribution < 1.29 is 0 Å². The molecule has 1 saturated heterocycles. The summed E-state index contributed by atoms with van der Waals surface area (Å²) in [6, 6.07) is 10.2. The van der Waals surface area contributed by atoms with E-state index in [-0.39, 0.29) is 24.0 Å². The number of nitrogens with zero attached hydrogens (tertiary/aromatic N) is 2. The van der Waals surface area contributed by atoms with Crippen LogP contribution in [0.2, 0.25) is 0 Å². The van der Waals surface area contributed by atoms with E-state index in [9.17, 15) is 0 Å². The van der Waals surface area contributed by atoms with Gasteiger partial charge in [0.2, 0.25) is 0 Å². The van der Waals surface area contributed by atoms with Gasteiger partial charge in [0.1, 0.15) is 0 Å². The van der Waals surface area contributed by atoms with Crippen LogP contribution >= 0.6 is 24.0 Å². The van der Waals surface area contributed by atoms with Crippen molar-refractivity contribution in [3.8, 4) is 0 Å². The Hall–Kier alpha value is -0.780. The molecule has 1 aliphatic rings. The van der Waals surface area contributed by atoms with Crippen LogP contribution in [0.25, 0.3) is 0 Å². The number of guanidine groups is 1. The standard InChI is InChI=1S/C14H21N3.HI/c1-12-6-5-9-17(11-12)14(15)16-10-13-7-3-2-4-8-13;/h2-4,7-8,12H,5-6,9-11H2,1H3,(H2,15,16);1H. The largest absolute Gasteiger partial charge is 0.370 e. The zero-order chi connectivity index (χ0) is 12.1. The Bertz CT molecular complexity index is 378. The van der Waals surface area contributed by atoms with Crippen molar-refractivity contribution in [1.82, 2.24) is 4.90 Å². The topological polar surface area (TPSA) is 41.6 Å². The molecule has 18 heavy (non-hydrogen) atoms. The highest BCUT2D eigenvalue weighted by Gasteiger charge is 2.17. The lowest BCUT2D eigenvalue weighted by Gasteiger charge is -2.31. The van der Waals surface area contributed by atoms with E-state index >= 15 is 0 Å². The highest BCUT2D eigenvalue weighted by molar-refractivity contribution is 14.0. The first kappa shape index (κ1) is 15.3. The summed E-state index contributed by atoms with van der Waals surface area (Å²) in [5, 5.41) is 0. The first-order chi connectivity index (χ1) is 8.25. The molecule has 0 bridgehead atoms. The highest BCUT2D eigenvalue weighted by Crippen LogP contribution is 2.15. The summed E-state index contributed by atoms with van der Waals surface area (Å²) >= 11 is 0. The summed E-state index contributed by atoms with van der Waals surface area (Å²) < 4.78 is 0. The van der Waals surface area contributed by atoms with E-state index in [1.165, 1.54) is 18.4 Å². The van der Waals surface area contributed by atoms with E-state index in [2.05, 4.69) is 28.9 Å². The van der Waals surface area contributed by atoms with Gasteiger partial charge in [0.25, 0.3) is 0 Å². The summed E-state index contributed by atoms with van der Waals surface area (Å²) in [6.45, 7) is 5.05. The second kappa shape index (κ2) is 7.61. The molecule has 0 radical (unpaired) electrons. The first-order valence-corrected chi connectivity index (χ1v) is 6.34. The maximum atomic E-state index is 6.03. The second-order valence-corrected chi connectivity index (χ2v) is 4.85. The van der Waals surface area contributed by atoms with Gasteiger partial charge in [-0.15, -0.1) is 24.0 Å². The van der Waals surface area contributed by atoms with Crippen LogP contribution in [-0.2, 0) is 6.54 Å². The van der Waals surface area contributed by atoms with Gasteiger partial charge in [-0.05, 0) is 24.3 Å². The van der Waals surface area contributed by atoms with Gasteiger partial charge in [-0.3, -0.25) is 0 Å². The van der Waals surface area contributed by atoms with Crippen molar-refractivity contribution in [3.05, 3.63) is 35.9 Å². The normalized spacial score (nSPS) is 20.4. The summed E-state index contributed by atoms with van der Waals surface area (Å²) in [5.74, 6) is 1.43. The number of rotatable bonds is 2. The Balaban J connectivity index is 0.00000162. The number of likely N-dealkylation sites (tertiary alicyclic amines) is 1. The lowest BCUT2D eigenvalue weighted by molar-refractivity contribution is 0.270. The molecule has 3 nitrogen and oxygen atoms in total. The van der Waals surface area contributed by atoms with Gasteiger partial charge in [0.05, 0.1) is 6.54 Å². The molecular formula is C14H22IN3. The molecule has 0 spiro atoms. The molecule has 0 saturated carbocycles. The van der Waals surface area contributed by atoms with Gasteiger partial charge in [-0.2, -0.15) is 0 Å². The Morgan fingerprint density at radius 1 is 1.39 bits per heavy atom. The third-order valence-corrected chi connectivity index (χ3v) is 3.25. The maximum absolute atomic E-state index is 6.03. The molecule has 0 aromatic heterocycles. The van der Waals surface area contributed by atoms with Crippen LogP contribution in [-0.4, -0.2) is 23.9 Å². The van der Waals surface area contributed by atoms with Crippen molar-refractivity contribution >= 4 is 29.9 Å². The van der Waals surface area contributed by atoms with Crippen LogP contribution in [0.5, 0.6) is 0 Å². The molecule has 0 aliphatic carbocycles. The average molecular weight is 359 g/mol. The average Bonchev–Trinajstić information content (AvgIpc) is 2.37. The summed E-state index contributed by atoms with van der Waals surface area (Å²) in [4.78, 5) is 6.68. The minimum absolute atomic E-state index is 0. The molecule has 1 heterocycles.